The predicted octanol–water partition coefficient (Wildman–Crippen LogP) is 2.78. The van der Waals surface area contributed by atoms with E-state index in [0.29, 0.717) is 5.01 Å². The molecule has 0 amide bonds. The van der Waals surface area contributed by atoms with E-state index in [1.165, 1.54) is 22.5 Å². The summed E-state index contributed by atoms with van der Waals surface area (Å²) in [6, 6.07) is 6.16. The molecule has 0 spiro atoms. The average molecular weight is 188 g/mol. The van der Waals surface area contributed by atoms with Crippen LogP contribution in [0.25, 0.3) is 10.2 Å². The molecule has 0 radical (unpaired) electrons. The van der Waals surface area contributed by atoms with Crippen LogP contribution in [0, 0.1) is 25.2 Å². The van der Waals surface area contributed by atoms with Gasteiger partial charge in [-0.2, -0.15) is 5.26 Å². The van der Waals surface area contributed by atoms with E-state index in [2.05, 4.69) is 24.0 Å². The molecule has 1 aromatic heterocycles. The number of nitriles is 1. The van der Waals surface area contributed by atoms with Crippen molar-refractivity contribution >= 4 is 21.6 Å². The second-order valence-corrected chi connectivity index (χ2v) is 4.02. The molecule has 2 aromatic rings. The first-order chi connectivity index (χ1) is 6.22. The minimum Gasteiger partial charge on any atom is -0.226 e. The Balaban J connectivity index is 2.86. The lowest BCUT2D eigenvalue weighted by Gasteiger charge is -1.97. The van der Waals surface area contributed by atoms with Crippen LogP contribution in [0.15, 0.2) is 12.1 Å². The SMILES string of the molecule is Cc1ccc2sc(C#N)nc2c1C. The Morgan fingerprint density at radius 1 is 1.38 bits per heavy atom. The molecule has 64 valence electrons. The molecular weight excluding hydrogens is 180 g/mol. The van der Waals surface area contributed by atoms with Gasteiger partial charge in [-0.15, -0.1) is 11.3 Å². The molecule has 0 saturated carbocycles. The molecule has 0 unspecified atom stereocenters. The molecule has 0 aliphatic rings. The highest BCUT2D eigenvalue weighted by molar-refractivity contribution is 7.19. The molecular formula is C10H8N2S. The van der Waals surface area contributed by atoms with E-state index in [9.17, 15) is 0 Å². The minimum atomic E-state index is 0.545. The summed E-state index contributed by atoms with van der Waals surface area (Å²) < 4.78 is 1.10. The predicted molar refractivity (Wildman–Crippen MR) is 53.8 cm³/mol. The number of aryl methyl sites for hydroxylation is 2. The maximum absolute atomic E-state index is 8.70. The Morgan fingerprint density at radius 2 is 2.15 bits per heavy atom. The second kappa shape index (κ2) is 2.82. The lowest BCUT2D eigenvalue weighted by molar-refractivity contribution is 1.32. The maximum Gasteiger partial charge on any atom is 0.195 e. The van der Waals surface area contributed by atoms with Crippen LogP contribution in [0.1, 0.15) is 16.1 Å². The summed E-state index contributed by atoms with van der Waals surface area (Å²) in [5.74, 6) is 0. The summed E-state index contributed by atoms with van der Waals surface area (Å²) >= 11 is 1.45. The van der Waals surface area contributed by atoms with Crippen molar-refractivity contribution in [3.8, 4) is 6.07 Å². The van der Waals surface area contributed by atoms with Gasteiger partial charge in [-0.3, -0.25) is 0 Å². The van der Waals surface area contributed by atoms with Crippen LogP contribution >= 0.6 is 11.3 Å². The second-order valence-electron chi connectivity index (χ2n) is 2.99. The van der Waals surface area contributed by atoms with E-state index < -0.39 is 0 Å². The monoisotopic (exact) mass is 188 g/mol. The molecule has 0 atom stereocenters. The molecule has 0 aliphatic heterocycles. The van der Waals surface area contributed by atoms with E-state index in [4.69, 9.17) is 5.26 Å². The fourth-order valence-corrected chi connectivity index (χ4v) is 2.10. The fourth-order valence-electron chi connectivity index (χ4n) is 1.27. The number of nitrogens with zero attached hydrogens (tertiary/aromatic N) is 2. The Labute approximate surface area is 80.5 Å². The summed E-state index contributed by atoms with van der Waals surface area (Å²) in [6.07, 6.45) is 0. The fraction of sp³-hybridized carbons (Fsp3) is 0.200. The first-order valence-electron chi connectivity index (χ1n) is 3.99. The highest BCUT2D eigenvalue weighted by Crippen LogP contribution is 2.25. The number of aromatic nitrogens is 1. The largest absolute Gasteiger partial charge is 0.226 e. The zero-order chi connectivity index (χ0) is 9.42. The zero-order valence-corrected chi connectivity index (χ0v) is 8.27. The smallest absolute Gasteiger partial charge is 0.195 e. The third-order valence-electron chi connectivity index (χ3n) is 2.18. The van der Waals surface area contributed by atoms with Crippen molar-refractivity contribution in [3.63, 3.8) is 0 Å². The number of benzene rings is 1. The van der Waals surface area contributed by atoms with Crippen LogP contribution in [0.3, 0.4) is 0 Å². The average Bonchev–Trinajstić information content (AvgIpc) is 2.55. The molecule has 1 aromatic carbocycles. The van der Waals surface area contributed by atoms with E-state index >= 15 is 0 Å². The number of hydrogen-bond acceptors (Lipinski definition) is 3. The molecule has 1 heterocycles. The van der Waals surface area contributed by atoms with E-state index in [-0.39, 0.29) is 0 Å². The van der Waals surface area contributed by atoms with Gasteiger partial charge >= 0.3 is 0 Å². The molecule has 0 N–H and O–H groups in total. The molecule has 13 heavy (non-hydrogen) atoms. The molecule has 0 aliphatic carbocycles. The zero-order valence-electron chi connectivity index (χ0n) is 7.46. The van der Waals surface area contributed by atoms with Gasteiger partial charge in [0.15, 0.2) is 5.01 Å². The highest BCUT2D eigenvalue weighted by atomic mass is 32.1. The third kappa shape index (κ3) is 1.20. The van der Waals surface area contributed by atoms with Crippen LogP contribution in [-0.4, -0.2) is 4.98 Å². The standard InChI is InChI=1S/C10H8N2S/c1-6-3-4-8-10(7(6)2)12-9(5-11)13-8/h3-4H,1-2H3. The van der Waals surface area contributed by atoms with Gasteiger partial charge < -0.3 is 0 Å². The number of hydrogen-bond donors (Lipinski definition) is 0. The van der Waals surface area contributed by atoms with Crippen molar-refractivity contribution in [1.82, 2.24) is 4.98 Å². The normalized spacial score (nSPS) is 10.2. The van der Waals surface area contributed by atoms with E-state index in [1.807, 2.05) is 13.0 Å². The summed E-state index contributed by atoms with van der Waals surface area (Å²) in [5.41, 5.74) is 3.37. The number of fused-ring (bicyclic) bond motifs is 1. The van der Waals surface area contributed by atoms with Crippen LogP contribution in [0.5, 0.6) is 0 Å². The molecule has 0 bridgehead atoms. The quantitative estimate of drug-likeness (QED) is 0.637. The van der Waals surface area contributed by atoms with Gasteiger partial charge in [0.2, 0.25) is 0 Å². The molecule has 0 fully saturated rings. The van der Waals surface area contributed by atoms with Gasteiger partial charge in [0, 0.05) is 0 Å². The van der Waals surface area contributed by atoms with Crippen molar-refractivity contribution in [2.45, 2.75) is 13.8 Å². The van der Waals surface area contributed by atoms with Crippen molar-refractivity contribution < 1.29 is 0 Å². The van der Waals surface area contributed by atoms with Crippen molar-refractivity contribution in [1.29, 1.82) is 5.26 Å². The molecule has 3 heteroatoms. The third-order valence-corrected chi connectivity index (χ3v) is 3.11. The van der Waals surface area contributed by atoms with Crippen LogP contribution in [0.2, 0.25) is 0 Å². The number of rotatable bonds is 0. The van der Waals surface area contributed by atoms with Gasteiger partial charge in [-0.05, 0) is 31.0 Å². The van der Waals surface area contributed by atoms with Gasteiger partial charge in [-0.1, -0.05) is 6.07 Å². The van der Waals surface area contributed by atoms with Crippen molar-refractivity contribution in [2.75, 3.05) is 0 Å². The summed E-state index contributed by atoms with van der Waals surface area (Å²) in [6.45, 7) is 4.10. The summed E-state index contributed by atoms with van der Waals surface area (Å²) in [4.78, 5) is 4.25. The first-order valence-corrected chi connectivity index (χ1v) is 4.81. The Morgan fingerprint density at radius 3 is 2.85 bits per heavy atom. The van der Waals surface area contributed by atoms with E-state index in [1.54, 1.807) is 0 Å². The van der Waals surface area contributed by atoms with Crippen molar-refractivity contribution in [2.24, 2.45) is 0 Å². The van der Waals surface area contributed by atoms with Gasteiger partial charge in [0.1, 0.15) is 6.07 Å². The summed E-state index contributed by atoms with van der Waals surface area (Å²) in [5, 5.41) is 9.24. The number of thiazole rings is 1. The van der Waals surface area contributed by atoms with E-state index in [0.717, 1.165) is 10.2 Å². The molecule has 0 saturated heterocycles. The van der Waals surface area contributed by atoms with Crippen LogP contribution < -0.4 is 0 Å². The maximum atomic E-state index is 8.70. The van der Waals surface area contributed by atoms with Crippen LogP contribution in [0.4, 0.5) is 0 Å². The Hall–Kier alpha value is -1.40. The highest BCUT2D eigenvalue weighted by Gasteiger charge is 2.06. The van der Waals surface area contributed by atoms with Gasteiger partial charge in [0.05, 0.1) is 10.2 Å². The Kier molecular flexibility index (Phi) is 1.78. The minimum absolute atomic E-state index is 0.545. The first kappa shape index (κ1) is 8.21. The lowest BCUT2D eigenvalue weighted by Crippen LogP contribution is -1.81. The van der Waals surface area contributed by atoms with Crippen LogP contribution in [-0.2, 0) is 0 Å². The lowest BCUT2D eigenvalue weighted by atomic mass is 10.1. The summed E-state index contributed by atoms with van der Waals surface area (Å²) in [7, 11) is 0. The topological polar surface area (TPSA) is 36.7 Å². The molecule has 2 rings (SSSR count). The van der Waals surface area contributed by atoms with Crippen molar-refractivity contribution in [3.05, 3.63) is 28.3 Å². The van der Waals surface area contributed by atoms with Gasteiger partial charge in [-0.25, -0.2) is 4.98 Å². The Bertz CT molecular complexity index is 505. The van der Waals surface area contributed by atoms with Gasteiger partial charge in [0.25, 0.3) is 0 Å². The molecule has 2 nitrogen and oxygen atoms in total.